The maximum Gasteiger partial charge on any atom is 0.338 e. The van der Waals surface area contributed by atoms with E-state index in [0.717, 1.165) is 50.5 Å². The number of nitrogens with zero attached hydrogens (tertiary/aromatic N) is 3. The highest BCUT2D eigenvalue weighted by atomic mass is 16.6. The van der Waals surface area contributed by atoms with Gasteiger partial charge in [-0.05, 0) is 31.7 Å². The van der Waals surface area contributed by atoms with E-state index in [2.05, 4.69) is 22.0 Å². The maximum atomic E-state index is 12.9. The molecule has 3 rings (SSSR count). The van der Waals surface area contributed by atoms with Crippen LogP contribution in [-0.2, 0) is 4.74 Å². The number of likely N-dealkylation sites (N-methyl/N-ethyl adjacent to an activating group) is 1. The van der Waals surface area contributed by atoms with Crippen molar-refractivity contribution in [3.8, 4) is 0 Å². The number of rotatable bonds is 7. The lowest BCUT2D eigenvalue weighted by molar-refractivity contribution is -0.384. The van der Waals surface area contributed by atoms with Gasteiger partial charge >= 0.3 is 5.97 Å². The van der Waals surface area contributed by atoms with Crippen molar-refractivity contribution in [2.75, 3.05) is 49.5 Å². The minimum absolute atomic E-state index is 0.0165. The third-order valence-corrected chi connectivity index (χ3v) is 5.21. The summed E-state index contributed by atoms with van der Waals surface area (Å²) in [4.78, 5) is 40.2. The minimum Gasteiger partial charge on any atom is -0.462 e. The van der Waals surface area contributed by atoms with Crippen LogP contribution in [0.15, 0.2) is 42.5 Å². The summed E-state index contributed by atoms with van der Waals surface area (Å²) in [7, 11) is 0. The highest BCUT2D eigenvalue weighted by molar-refractivity contribution is 6.07. The summed E-state index contributed by atoms with van der Waals surface area (Å²) in [5.74, 6) is -1.25. The van der Waals surface area contributed by atoms with Crippen LogP contribution in [0.4, 0.5) is 17.1 Å². The molecule has 1 amide bonds. The number of nitro groups is 1. The summed E-state index contributed by atoms with van der Waals surface area (Å²) < 4.78 is 4.93. The fourth-order valence-corrected chi connectivity index (χ4v) is 3.53. The number of carbonyl (C=O) groups is 2. The molecule has 0 aliphatic carbocycles. The second kappa shape index (κ2) is 10.0. The first-order valence-electron chi connectivity index (χ1n) is 10.3. The lowest BCUT2D eigenvalue weighted by Gasteiger charge is -2.36. The van der Waals surface area contributed by atoms with Crippen molar-refractivity contribution < 1.29 is 19.2 Å². The highest BCUT2D eigenvalue weighted by Crippen LogP contribution is 2.28. The van der Waals surface area contributed by atoms with Gasteiger partial charge in [0.15, 0.2) is 0 Å². The third kappa shape index (κ3) is 5.37. The number of non-ortho nitro benzene ring substituents is 1. The van der Waals surface area contributed by atoms with E-state index >= 15 is 0 Å². The zero-order valence-electron chi connectivity index (χ0n) is 17.7. The first kappa shape index (κ1) is 22.2. The van der Waals surface area contributed by atoms with Crippen LogP contribution >= 0.6 is 0 Å². The monoisotopic (exact) mass is 426 g/mol. The molecule has 1 N–H and O–H groups in total. The topological polar surface area (TPSA) is 105 Å². The number of nitrogens with one attached hydrogen (secondary N) is 1. The van der Waals surface area contributed by atoms with Gasteiger partial charge in [-0.1, -0.05) is 19.1 Å². The summed E-state index contributed by atoms with van der Waals surface area (Å²) >= 11 is 0. The molecule has 9 nitrogen and oxygen atoms in total. The van der Waals surface area contributed by atoms with Crippen molar-refractivity contribution in [3.05, 3.63) is 63.7 Å². The summed E-state index contributed by atoms with van der Waals surface area (Å²) in [5.41, 5.74) is 1.14. The van der Waals surface area contributed by atoms with Gasteiger partial charge in [0, 0.05) is 43.9 Å². The van der Waals surface area contributed by atoms with Gasteiger partial charge < -0.3 is 19.9 Å². The van der Waals surface area contributed by atoms with E-state index < -0.39 is 16.8 Å². The quantitative estimate of drug-likeness (QED) is 0.412. The molecule has 1 fully saturated rings. The van der Waals surface area contributed by atoms with Gasteiger partial charge in [-0.3, -0.25) is 14.9 Å². The number of piperazine rings is 1. The molecule has 1 heterocycles. The number of hydrogen-bond donors (Lipinski definition) is 1. The molecule has 0 saturated carbocycles. The molecule has 0 radical (unpaired) electrons. The Balaban J connectivity index is 1.85. The number of amides is 1. The molecule has 0 bridgehead atoms. The van der Waals surface area contributed by atoms with Gasteiger partial charge in [0.1, 0.15) is 0 Å². The predicted octanol–water partition coefficient (Wildman–Crippen LogP) is 3.17. The minimum atomic E-state index is -0.713. The van der Waals surface area contributed by atoms with Gasteiger partial charge in [-0.15, -0.1) is 0 Å². The maximum absolute atomic E-state index is 12.9. The lowest BCUT2D eigenvalue weighted by Crippen LogP contribution is -2.46. The van der Waals surface area contributed by atoms with Crippen LogP contribution in [0, 0.1) is 10.1 Å². The van der Waals surface area contributed by atoms with E-state index in [4.69, 9.17) is 4.74 Å². The Morgan fingerprint density at radius 3 is 2.39 bits per heavy atom. The Hall–Kier alpha value is -3.46. The van der Waals surface area contributed by atoms with Crippen molar-refractivity contribution >= 4 is 28.9 Å². The van der Waals surface area contributed by atoms with Gasteiger partial charge in [0.2, 0.25) is 0 Å². The van der Waals surface area contributed by atoms with Crippen LogP contribution in [0.5, 0.6) is 0 Å². The van der Waals surface area contributed by atoms with E-state index in [1.165, 1.54) is 6.07 Å². The fourth-order valence-electron chi connectivity index (χ4n) is 3.53. The predicted molar refractivity (Wildman–Crippen MR) is 118 cm³/mol. The molecule has 164 valence electrons. The van der Waals surface area contributed by atoms with Crippen molar-refractivity contribution in [2.24, 2.45) is 0 Å². The van der Waals surface area contributed by atoms with E-state index in [9.17, 15) is 19.7 Å². The molecular weight excluding hydrogens is 400 g/mol. The molecule has 2 aromatic rings. The van der Waals surface area contributed by atoms with Crippen molar-refractivity contribution in [1.29, 1.82) is 0 Å². The molecule has 0 atom stereocenters. The van der Waals surface area contributed by atoms with Crippen LogP contribution in [0.2, 0.25) is 0 Å². The fraction of sp³-hybridized carbons (Fsp3) is 0.364. The number of para-hydroxylation sites is 2. The van der Waals surface area contributed by atoms with Crippen molar-refractivity contribution in [1.82, 2.24) is 4.90 Å². The van der Waals surface area contributed by atoms with Crippen LogP contribution in [0.3, 0.4) is 0 Å². The lowest BCUT2D eigenvalue weighted by atomic mass is 10.1. The van der Waals surface area contributed by atoms with Crippen molar-refractivity contribution in [3.63, 3.8) is 0 Å². The van der Waals surface area contributed by atoms with Gasteiger partial charge in [-0.25, -0.2) is 4.79 Å². The number of carbonyl (C=O) groups excluding carboxylic acids is 2. The molecule has 1 saturated heterocycles. The number of benzene rings is 2. The molecule has 31 heavy (non-hydrogen) atoms. The number of hydrogen-bond acceptors (Lipinski definition) is 7. The molecule has 0 unspecified atom stereocenters. The number of anilines is 2. The van der Waals surface area contributed by atoms with E-state index in [1.807, 2.05) is 18.2 Å². The summed E-state index contributed by atoms with van der Waals surface area (Å²) in [5, 5.41) is 14.1. The molecular formula is C22H26N4O5. The van der Waals surface area contributed by atoms with E-state index in [1.54, 1.807) is 13.0 Å². The Kier molecular flexibility index (Phi) is 7.19. The smallest absolute Gasteiger partial charge is 0.338 e. The highest BCUT2D eigenvalue weighted by Gasteiger charge is 2.21. The zero-order valence-corrected chi connectivity index (χ0v) is 17.7. The normalized spacial score (nSPS) is 14.2. The second-order valence-corrected chi connectivity index (χ2v) is 7.14. The molecule has 0 aromatic heterocycles. The molecule has 0 spiro atoms. The van der Waals surface area contributed by atoms with Crippen LogP contribution in [-0.4, -0.2) is 61.0 Å². The van der Waals surface area contributed by atoms with Crippen LogP contribution < -0.4 is 10.2 Å². The zero-order chi connectivity index (χ0) is 22.4. The van der Waals surface area contributed by atoms with Gasteiger partial charge in [0.25, 0.3) is 11.6 Å². The first-order valence-corrected chi connectivity index (χ1v) is 10.3. The SMILES string of the molecule is CCOC(=O)c1cc(C(=O)Nc2ccccc2N2CCN(CC)CC2)cc([N+](=O)[O-])c1. The van der Waals surface area contributed by atoms with E-state index in [0.29, 0.717) is 5.69 Å². The molecule has 2 aromatic carbocycles. The number of esters is 1. The van der Waals surface area contributed by atoms with E-state index in [-0.39, 0.29) is 23.4 Å². The van der Waals surface area contributed by atoms with Crippen LogP contribution in [0.25, 0.3) is 0 Å². The average molecular weight is 426 g/mol. The van der Waals surface area contributed by atoms with Crippen LogP contribution in [0.1, 0.15) is 34.6 Å². The summed E-state index contributed by atoms with van der Waals surface area (Å²) in [6, 6.07) is 11.0. The molecule has 9 heteroatoms. The third-order valence-electron chi connectivity index (χ3n) is 5.21. The molecule has 1 aliphatic rings. The van der Waals surface area contributed by atoms with Crippen molar-refractivity contribution in [2.45, 2.75) is 13.8 Å². The second-order valence-electron chi connectivity index (χ2n) is 7.14. The summed E-state index contributed by atoms with van der Waals surface area (Å²) in [6.45, 7) is 8.45. The standard InChI is InChI=1S/C22H26N4O5/c1-3-24-9-11-25(12-10-24)20-8-6-5-7-19(20)23-21(27)16-13-17(22(28)31-4-2)15-18(14-16)26(29)30/h5-8,13-15H,3-4,9-12H2,1-2H3,(H,23,27). The Bertz CT molecular complexity index is 970. The molecule has 1 aliphatic heterocycles. The number of ether oxygens (including phenoxy) is 1. The Labute approximate surface area is 180 Å². The first-order chi connectivity index (χ1) is 14.9. The number of nitro benzene ring substituents is 1. The van der Waals surface area contributed by atoms with Gasteiger partial charge in [-0.2, -0.15) is 0 Å². The average Bonchev–Trinajstić information content (AvgIpc) is 2.79. The van der Waals surface area contributed by atoms with Gasteiger partial charge in [0.05, 0.1) is 28.5 Å². The summed E-state index contributed by atoms with van der Waals surface area (Å²) in [6.07, 6.45) is 0. The Morgan fingerprint density at radius 2 is 1.74 bits per heavy atom. The Morgan fingerprint density at radius 1 is 1.06 bits per heavy atom. The largest absolute Gasteiger partial charge is 0.462 e.